The molecule has 2 amide bonds. The van der Waals surface area contributed by atoms with Crippen molar-refractivity contribution < 1.29 is 38.9 Å². The molecule has 0 bridgehead atoms. The van der Waals surface area contributed by atoms with E-state index in [0.29, 0.717) is 11.5 Å². The lowest BCUT2D eigenvalue weighted by Crippen LogP contribution is -2.40. The number of hydrogen-bond donors (Lipinski definition) is 2. The van der Waals surface area contributed by atoms with Gasteiger partial charge in [-0.1, -0.05) is 0 Å². The number of carboxylic acid groups (broad SMARTS) is 2. The molecule has 10 nitrogen and oxygen atoms in total. The maximum atomic E-state index is 12.2. The van der Waals surface area contributed by atoms with E-state index in [-0.39, 0.29) is 49.2 Å². The van der Waals surface area contributed by atoms with E-state index >= 15 is 0 Å². The SMILES string of the molecule is CN(CCN(C)C(=O)COc1ccc(C(=O)O)cc1)C(=O)COc1ccc(C(=O)O)cc1. The molecule has 0 fully saturated rings. The highest BCUT2D eigenvalue weighted by molar-refractivity contribution is 5.88. The van der Waals surface area contributed by atoms with Crippen LogP contribution in [0.5, 0.6) is 11.5 Å². The topological polar surface area (TPSA) is 134 Å². The van der Waals surface area contributed by atoms with Gasteiger partial charge in [0.15, 0.2) is 13.2 Å². The summed E-state index contributed by atoms with van der Waals surface area (Å²) in [4.78, 5) is 48.9. The molecular weight excluding hydrogens is 420 g/mol. The average molecular weight is 444 g/mol. The van der Waals surface area contributed by atoms with Crippen molar-refractivity contribution in [2.24, 2.45) is 0 Å². The number of likely N-dealkylation sites (N-methyl/N-ethyl adjacent to an activating group) is 2. The van der Waals surface area contributed by atoms with E-state index in [1.807, 2.05) is 0 Å². The van der Waals surface area contributed by atoms with Crippen molar-refractivity contribution in [3.8, 4) is 11.5 Å². The predicted molar refractivity (Wildman–Crippen MR) is 113 cm³/mol. The summed E-state index contributed by atoms with van der Waals surface area (Å²) in [5.74, 6) is -1.96. The third kappa shape index (κ3) is 7.31. The smallest absolute Gasteiger partial charge is 0.335 e. The molecule has 170 valence electrons. The zero-order valence-electron chi connectivity index (χ0n) is 17.7. The van der Waals surface area contributed by atoms with Crippen LogP contribution in [0.2, 0.25) is 0 Å². The molecule has 0 aliphatic rings. The Bertz CT molecular complexity index is 877. The van der Waals surface area contributed by atoms with Gasteiger partial charge in [0.1, 0.15) is 11.5 Å². The number of carbonyl (C=O) groups is 4. The molecule has 0 aliphatic heterocycles. The van der Waals surface area contributed by atoms with Gasteiger partial charge in [-0.3, -0.25) is 9.59 Å². The van der Waals surface area contributed by atoms with Crippen molar-refractivity contribution in [3.05, 3.63) is 59.7 Å². The molecule has 0 saturated carbocycles. The van der Waals surface area contributed by atoms with Crippen LogP contribution in [-0.2, 0) is 9.59 Å². The highest BCUT2D eigenvalue weighted by Crippen LogP contribution is 2.13. The van der Waals surface area contributed by atoms with Crippen LogP contribution in [0.4, 0.5) is 0 Å². The molecule has 2 rings (SSSR count). The van der Waals surface area contributed by atoms with E-state index in [0.717, 1.165) is 0 Å². The van der Waals surface area contributed by atoms with E-state index < -0.39 is 11.9 Å². The number of carboxylic acids is 2. The number of aromatic carboxylic acids is 2. The summed E-state index contributed by atoms with van der Waals surface area (Å²) in [5, 5.41) is 17.7. The van der Waals surface area contributed by atoms with Crippen LogP contribution in [0.25, 0.3) is 0 Å². The van der Waals surface area contributed by atoms with E-state index in [9.17, 15) is 19.2 Å². The molecule has 32 heavy (non-hydrogen) atoms. The molecule has 0 unspecified atom stereocenters. The first kappa shape index (κ1) is 24.2. The number of benzene rings is 2. The Labute approximate surface area is 184 Å². The number of ether oxygens (including phenoxy) is 2. The molecule has 0 radical (unpaired) electrons. The van der Waals surface area contributed by atoms with Gasteiger partial charge in [-0.05, 0) is 48.5 Å². The first-order chi connectivity index (χ1) is 15.2. The highest BCUT2D eigenvalue weighted by Gasteiger charge is 2.14. The Morgan fingerprint density at radius 2 is 0.969 bits per heavy atom. The highest BCUT2D eigenvalue weighted by atomic mass is 16.5. The number of hydrogen-bond acceptors (Lipinski definition) is 6. The maximum Gasteiger partial charge on any atom is 0.335 e. The number of amides is 2. The van der Waals surface area contributed by atoms with E-state index in [2.05, 4.69) is 0 Å². The number of carbonyl (C=O) groups excluding carboxylic acids is 2. The van der Waals surface area contributed by atoms with Crippen LogP contribution in [-0.4, -0.2) is 84.2 Å². The minimum absolute atomic E-state index is 0.120. The average Bonchev–Trinajstić information content (AvgIpc) is 2.79. The molecule has 0 saturated heterocycles. The summed E-state index contributed by atoms with van der Waals surface area (Å²) in [6.07, 6.45) is 0. The summed E-state index contributed by atoms with van der Waals surface area (Å²) in [5.41, 5.74) is 0.240. The molecule has 0 spiro atoms. The van der Waals surface area contributed by atoms with Gasteiger partial charge in [0, 0.05) is 27.2 Å². The van der Waals surface area contributed by atoms with Gasteiger partial charge in [-0.25, -0.2) is 9.59 Å². The summed E-state index contributed by atoms with van der Waals surface area (Å²) < 4.78 is 10.7. The summed E-state index contributed by atoms with van der Waals surface area (Å²) in [7, 11) is 3.16. The molecule has 0 heterocycles. The van der Waals surface area contributed by atoms with Crippen LogP contribution in [0.15, 0.2) is 48.5 Å². The zero-order valence-corrected chi connectivity index (χ0v) is 17.7. The van der Waals surface area contributed by atoms with Crippen molar-refractivity contribution in [3.63, 3.8) is 0 Å². The van der Waals surface area contributed by atoms with Crippen LogP contribution < -0.4 is 9.47 Å². The Morgan fingerprint density at radius 3 is 1.25 bits per heavy atom. The van der Waals surface area contributed by atoms with Crippen molar-refractivity contribution in [2.75, 3.05) is 40.4 Å². The van der Waals surface area contributed by atoms with E-state index in [1.165, 1.54) is 58.3 Å². The lowest BCUT2D eigenvalue weighted by molar-refractivity contribution is -0.135. The maximum absolute atomic E-state index is 12.2. The zero-order chi connectivity index (χ0) is 23.7. The van der Waals surface area contributed by atoms with E-state index in [1.54, 1.807) is 14.1 Å². The van der Waals surface area contributed by atoms with Gasteiger partial charge >= 0.3 is 11.9 Å². The number of rotatable bonds is 11. The fraction of sp³-hybridized carbons (Fsp3) is 0.273. The standard InChI is InChI=1S/C22H24N2O8/c1-23(19(25)13-31-17-7-3-15(4-8-17)21(27)28)11-12-24(2)20(26)14-32-18-9-5-16(6-10-18)22(29)30/h3-10H,11-14H2,1-2H3,(H,27,28)(H,29,30). The van der Waals surface area contributed by atoms with Gasteiger partial charge in [-0.15, -0.1) is 0 Å². The first-order valence-electron chi connectivity index (χ1n) is 9.57. The second kappa shape index (κ2) is 11.3. The van der Waals surface area contributed by atoms with Crippen LogP contribution in [0.3, 0.4) is 0 Å². The third-order valence-electron chi connectivity index (χ3n) is 4.55. The second-order valence-corrected chi connectivity index (χ2v) is 6.87. The third-order valence-corrected chi connectivity index (χ3v) is 4.55. The van der Waals surface area contributed by atoms with E-state index in [4.69, 9.17) is 19.7 Å². The van der Waals surface area contributed by atoms with Crippen molar-refractivity contribution >= 4 is 23.8 Å². The fourth-order valence-corrected chi connectivity index (χ4v) is 2.45. The second-order valence-electron chi connectivity index (χ2n) is 6.87. The van der Waals surface area contributed by atoms with Crippen LogP contribution >= 0.6 is 0 Å². The van der Waals surface area contributed by atoms with Crippen molar-refractivity contribution in [1.82, 2.24) is 9.80 Å². The lowest BCUT2D eigenvalue weighted by Gasteiger charge is -2.22. The molecule has 2 aromatic carbocycles. The van der Waals surface area contributed by atoms with Crippen molar-refractivity contribution in [2.45, 2.75) is 0 Å². The van der Waals surface area contributed by atoms with Gasteiger partial charge in [0.05, 0.1) is 11.1 Å². The summed E-state index contributed by atoms with van der Waals surface area (Å²) in [6.45, 7) is 0.0947. The minimum atomic E-state index is -1.05. The van der Waals surface area contributed by atoms with Crippen LogP contribution in [0.1, 0.15) is 20.7 Å². The normalized spacial score (nSPS) is 10.2. The Morgan fingerprint density at radius 1 is 0.656 bits per heavy atom. The summed E-state index contributed by atoms with van der Waals surface area (Å²) in [6, 6.07) is 11.4. The molecule has 2 aromatic rings. The summed E-state index contributed by atoms with van der Waals surface area (Å²) >= 11 is 0. The molecule has 0 aliphatic carbocycles. The number of nitrogens with zero attached hydrogens (tertiary/aromatic N) is 2. The predicted octanol–water partition coefficient (Wildman–Crippen LogP) is 1.46. The Hall–Kier alpha value is -4.08. The lowest BCUT2D eigenvalue weighted by atomic mass is 10.2. The first-order valence-corrected chi connectivity index (χ1v) is 9.57. The van der Waals surface area contributed by atoms with Gasteiger partial charge in [0.25, 0.3) is 11.8 Å². The minimum Gasteiger partial charge on any atom is -0.484 e. The fourth-order valence-electron chi connectivity index (χ4n) is 2.45. The van der Waals surface area contributed by atoms with Gasteiger partial charge < -0.3 is 29.5 Å². The van der Waals surface area contributed by atoms with Gasteiger partial charge in [-0.2, -0.15) is 0 Å². The monoisotopic (exact) mass is 444 g/mol. The largest absolute Gasteiger partial charge is 0.484 e. The molecule has 0 aromatic heterocycles. The van der Waals surface area contributed by atoms with Gasteiger partial charge in [0.2, 0.25) is 0 Å². The van der Waals surface area contributed by atoms with Crippen LogP contribution in [0, 0.1) is 0 Å². The molecular formula is C22H24N2O8. The molecule has 2 N–H and O–H groups in total. The quantitative estimate of drug-likeness (QED) is 0.532. The Balaban J connectivity index is 1.71. The molecule has 0 atom stereocenters. The van der Waals surface area contributed by atoms with Crippen molar-refractivity contribution in [1.29, 1.82) is 0 Å². The molecule has 10 heteroatoms. The Kier molecular flexibility index (Phi) is 8.58.